The minimum absolute atomic E-state index is 0.142. The molecule has 6 nitrogen and oxygen atoms in total. The van der Waals surface area contributed by atoms with Gasteiger partial charge in [0.25, 0.3) is 0 Å². The number of urea groups is 1. The van der Waals surface area contributed by atoms with Crippen LogP contribution in [0.15, 0.2) is 36.4 Å². The van der Waals surface area contributed by atoms with Gasteiger partial charge in [0.1, 0.15) is 11.9 Å². The molecule has 0 aromatic heterocycles. The maximum absolute atomic E-state index is 12.7. The molecule has 1 heterocycles. The van der Waals surface area contributed by atoms with E-state index in [9.17, 15) is 9.59 Å². The van der Waals surface area contributed by atoms with Crippen molar-refractivity contribution in [3.05, 3.63) is 36.4 Å². The van der Waals surface area contributed by atoms with Gasteiger partial charge in [0.2, 0.25) is 0 Å². The fraction of sp³-hybridized carbons (Fsp3) is 0.520. The fourth-order valence-corrected chi connectivity index (χ4v) is 5.21. The van der Waals surface area contributed by atoms with E-state index in [4.69, 9.17) is 9.47 Å². The van der Waals surface area contributed by atoms with Crippen molar-refractivity contribution in [3.63, 3.8) is 0 Å². The number of fused-ring (bicyclic) bond motifs is 1. The lowest BCUT2D eigenvalue weighted by Crippen LogP contribution is -2.32. The normalized spacial score (nSPS) is 26.2. The molecular weight excluding hydrogens is 392 g/mol. The topological polar surface area (TPSA) is 76.7 Å². The van der Waals surface area contributed by atoms with E-state index in [1.54, 1.807) is 0 Å². The van der Waals surface area contributed by atoms with Crippen molar-refractivity contribution in [1.82, 2.24) is 5.32 Å². The van der Waals surface area contributed by atoms with E-state index in [0.717, 1.165) is 34.5 Å². The lowest BCUT2D eigenvalue weighted by molar-refractivity contribution is -0.150. The molecule has 2 amide bonds. The zero-order chi connectivity index (χ0) is 21.2. The van der Waals surface area contributed by atoms with Gasteiger partial charge >= 0.3 is 12.0 Å². The lowest BCUT2D eigenvalue weighted by atomic mass is 9.85. The minimum Gasteiger partial charge on any atom is -0.489 e. The van der Waals surface area contributed by atoms with Gasteiger partial charge in [0.15, 0.2) is 0 Å². The van der Waals surface area contributed by atoms with Crippen LogP contribution in [-0.4, -0.2) is 30.8 Å². The van der Waals surface area contributed by atoms with Crippen molar-refractivity contribution in [2.45, 2.75) is 63.5 Å². The highest BCUT2D eigenvalue weighted by molar-refractivity contribution is 6.04. The van der Waals surface area contributed by atoms with E-state index in [-0.39, 0.29) is 24.5 Å². The molecule has 2 aromatic carbocycles. The smallest absolute Gasteiger partial charge is 0.319 e. The summed E-state index contributed by atoms with van der Waals surface area (Å²) in [4.78, 5) is 24.2. The van der Waals surface area contributed by atoms with Crippen molar-refractivity contribution in [3.8, 4) is 5.75 Å². The molecule has 2 aliphatic carbocycles. The first kappa shape index (κ1) is 20.2. The molecule has 1 saturated heterocycles. The van der Waals surface area contributed by atoms with E-state index < -0.39 is 0 Å². The predicted molar refractivity (Wildman–Crippen MR) is 119 cm³/mol. The molecule has 2 N–H and O–H groups in total. The Hall–Kier alpha value is -2.76. The second-order valence-corrected chi connectivity index (χ2v) is 9.11. The number of carbonyl (C=O) groups is 2. The molecule has 0 spiro atoms. The summed E-state index contributed by atoms with van der Waals surface area (Å²) in [6, 6.07) is 11.8. The number of anilines is 1. The van der Waals surface area contributed by atoms with Crippen molar-refractivity contribution in [2.75, 3.05) is 11.9 Å². The third-order valence-corrected chi connectivity index (χ3v) is 6.93. The largest absolute Gasteiger partial charge is 0.489 e. The van der Waals surface area contributed by atoms with Gasteiger partial charge in [-0.25, -0.2) is 4.79 Å². The van der Waals surface area contributed by atoms with Crippen LogP contribution >= 0.6 is 0 Å². The summed E-state index contributed by atoms with van der Waals surface area (Å²) in [6.07, 6.45) is 8.54. The molecule has 3 unspecified atom stereocenters. The quantitative estimate of drug-likeness (QED) is 0.664. The van der Waals surface area contributed by atoms with E-state index >= 15 is 0 Å². The Kier molecular flexibility index (Phi) is 5.70. The Morgan fingerprint density at radius 3 is 2.61 bits per heavy atom. The van der Waals surface area contributed by atoms with Crippen LogP contribution in [0.3, 0.4) is 0 Å². The Morgan fingerprint density at radius 2 is 1.81 bits per heavy atom. The summed E-state index contributed by atoms with van der Waals surface area (Å²) in [7, 11) is 0. The minimum atomic E-state index is -0.220. The number of ether oxygens (including phenoxy) is 2. The third-order valence-electron chi connectivity index (χ3n) is 6.93. The van der Waals surface area contributed by atoms with Gasteiger partial charge in [-0.3, -0.25) is 4.79 Å². The molecule has 3 fully saturated rings. The summed E-state index contributed by atoms with van der Waals surface area (Å²) >= 11 is 0. The van der Waals surface area contributed by atoms with Gasteiger partial charge in [0, 0.05) is 23.2 Å². The molecule has 6 heteroatoms. The van der Waals surface area contributed by atoms with Crippen LogP contribution in [0.2, 0.25) is 0 Å². The monoisotopic (exact) mass is 422 g/mol. The molecule has 31 heavy (non-hydrogen) atoms. The molecule has 2 saturated carbocycles. The SMILES string of the molecule is O=C(Nc1ccc(OC2CCOC(=O)C2)c2ccccc12)NC1CC1C1CCCCC1. The maximum Gasteiger partial charge on any atom is 0.319 e. The second kappa shape index (κ2) is 8.77. The van der Waals surface area contributed by atoms with Gasteiger partial charge in [-0.1, -0.05) is 56.4 Å². The number of rotatable bonds is 5. The van der Waals surface area contributed by atoms with Gasteiger partial charge in [-0.15, -0.1) is 0 Å². The Bertz CT molecular complexity index is 969. The number of benzene rings is 2. The van der Waals surface area contributed by atoms with E-state index in [1.165, 1.54) is 32.1 Å². The van der Waals surface area contributed by atoms with Crippen molar-refractivity contribution in [2.24, 2.45) is 11.8 Å². The van der Waals surface area contributed by atoms with Crippen LogP contribution in [0.1, 0.15) is 51.4 Å². The molecule has 1 aliphatic heterocycles. The Balaban J connectivity index is 1.25. The first-order valence-electron chi connectivity index (χ1n) is 11.6. The van der Waals surface area contributed by atoms with Crippen LogP contribution in [0, 0.1) is 11.8 Å². The summed E-state index contributed by atoms with van der Waals surface area (Å²) in [6.45, 7) is 0.393. The molecule has 2 aromatic rings. The van der Waals surface area contributed by atoms with Crippen LogP contribution in [0.5, 0.6) is 5.75 Å². The number of cyclic esters (lactones) is 1. The Labute approximate surface area is 182 Å². The van der Waals surface area contributed by atoms with Gasteiger partial charge in [-0.2, -0.15) is 0 Å². The number of nitrogens with one attached hydrogen (secondary N) is 2. The molecule has 3 atom stereocenters. The maximum atomic E-state index is 12.7. The highest BCUT2D eigenvalue weighted by atomic mass is 16.5. The van der Waals surface area contributed by atoms with Gasteiger partial charge in [0.05, 0.1) is 18.7 Å². The van der Waals surface area contributed by atoms with Crippen molar-refractivity contribution < 1.29 is 19.1 Å². The summed E-state index contributed by atoms with van der Waals surface area (Å²) in [5.74, 6) is 1.94. The molecular formula is C25H30N2O4. The lowest BCUT2D eigenvalue weighted by Gasteiger charge is -2.24. The molecule has 164 valence electrons. The number of amides is 2. The third kappa shape index (κ3) is 4.63. The van der Waals surface area contributed by atoms with Crippen molar-refractivity contribution in [1.29, 1.82) is 0 Å². The van der Waals surface area contributed by atoms with E-state index in [0.29, 0.717) is 25.0 Å². The number of carbonyl (C=O) groups excluding carboxylic acids is 2. The summed E-state index contributed by atoms with van der Waals surface area (Å²) in [5.41, 5.74) is 0.762. The summed E-state index contributed by atoms with van der Waals surface area (Å²) < 4.78 is 11.1. The number of hydrogen-bond donors (Lipinski definition) is 2. The van der Waals surface area contributed by atoms with Crippen LogP contribution < -0.4 is 15.4 Å². The molecule has 0 radical (unpaired) electrons. The first-order chi connectivity index (χ1) is 15.2. The summed E-state index contributed by atoms with van der Waals surface area (Å²) in [5, 5.41) is 8.05. The second-order valence-electron chi connectivity index (χ2n) is 9.11. The molecule has 0 bridgehead atoms. The number of esters is 1. The highest BCUT2D eigenvalue weighted by Gasteiger charge is 2.43. The van der Waals surface area contributed by atoms with Gasteiger partial charge in [-0.05, 0) is 30.4 Å². The average molecular weight is 423 g/mol. The van der Waals surface area contributed by atoms with Crippen LogP contribution in [0.4, 0.5) is 10.5 Å². The standard InChI is InChI=1S/C25H30N2O4/c28-24-14-17(12-13-30-24)31-23-11-10-21(18-8-4-5-9-19(18)23)26-25(29)27-22-15-20(22)16-6-2-1-3-7-16/h4-5,8-11,16-17,20,22H,1-3,6-7,12-15H2,(H2,26,27,29). The van der Waals surface area contributed by atoms with Crippen LogP contribution in [0.25, 0.3) is 10.8 Å². The molecule has 5 rings (SSSR count). The Morgan fingerprint density at radius 1 is 1.00 bits per heavy atom. The first-order valence-corrected chi connectivity index (χ1v) is 11.6. The van der Waals surface area contributed by atoms with Crippen LogP contribution in [-0.2, 0) is 9.53 Å². The average Bonchev–Trinajstić information content (AvgIpc) is 3.55. The fourth-order valence-electron chi connectivity index (χ4n) is 5.21. The zero-order valence-electron chi connectivity index (χ0n) is 17.8. The van der Waals surface area contributed by atoms with Crippen molar-refractivity contribution >= 4 is 28.5 Å². The number of hydrogen-bond acceptors (Lipinski definition) is 4. The van der Waals surface area contributed by atoms with E-state index in [2.05, 4.69) is 10.6 Å². The highest BCUT2D eigenvalue weighted by Crippen LogP contribution is 2.44. The van der Waals surface area contributed by atoms with E-state index in [1.807, 2.05) is 36.4 Å². The molecule has 3 aliphatic rings. The predicted octanol–water partition coefficient (Wildman–Crippen LogP) is 5.01. The zero-order valence-corrected chi connectivity index (χ0v) is 17.8. The van der Waals surface area contributed by atoms with Gasteiger partial charge < -0.3 is 20.1 Å².